The summed E-state index contributed by atoms with van der Waals surface area (Å²) in [6.07, 6.45) is 5.59. The van der Waals surface area contributed by atoms with Crippen LogP contribution in [0.4, 0.5) is 0 Å². The Balaban J connectivity index is 2.35. The number of nitrogens with zero attached hydrogens (tertiary/aromatic N) is 1. The maximum Gasteiger partial charge on any atom is 0.109 e. The van der Waals surface area contributed by atoms with E-state index in [0.717, 1.165) is 18.9 Å². The average molecular weight is 226 g/mol. The molecule has 0 spiro atoms. The van der Waals surface area contributed by atoms with Crippen LogP contribution in [-0.2, 0) is 0 Å². The third-order valence-corrected chi connectivity index (χ3v) is 3.54. The summed E-state index contributed by atoms with van der Waals surface area (Å²) in [5.74, 6) is 0.768. The zero-order chi connectivity index (χ0) is 11.1. The van der Waals surface area contributed by atoms with E-state index in [1.165, 1.54) is 17.8 Å². The molecule has 1 N–H and O–H groups in total. The van der Waals surface area contributed by atoms with Crippen LogP contribution in [0.2, 0.25) is 0 Å². The molecule has 0 aliphatic heterocycles. The number of hydrogen-bond donors (Lipinski definition) is 1. The van der Waals surface area contributed by atoms with Gasteiger partial charge in [-0.05, 0) is 25.3 Å². The third kappa shape index (κ3) is 4.31. The standard InChI is InChI=1S/C12H22N2S/c1-4-6-10(3)9-14-11(5-2)12-13-7-8-15-12/h7-8,10-11,14H,4-6,9H2,1-3H3. The molecule has 1 heterocycles. The molecule has 86 valence electrons. The third-order valence-electron chi connectivity index (χ3n) is 2.65. The average Bonchev–Trinajstić information content (AvgIpc) is 2.72. The Hall–Kier alpha value is -0.410. The molecular weight excluding hydrogens is 204 g/mol. The Kier molecular flexibility index (Phi) is 5.88. The summed E-state index contributed by atoms with van der Waals surface area (Å²) in [6, 6.07) is 0.448. The highest BCUT2D eigenvalue weighted by Gasteiger charge is 2.12. The van der Waals surface area contributed by atoms with Crippen LogP contribution < -0.4 is 5.32 Å². The van der Waals surface area contributed by atoms with Crippen molar-refractivity contribution in [2.24, 2.45) is 5.92 Å². The van der Waals surface area contributed by atoms with Gasteiger partial charge < -0.3 is 5.32 Å². The van der Waals surface area contributed by atoms with Crippen LogP contribution in [0.5, 0.6) is 0 Å². The first-order chi connectivity index (χ1) is 7.27. The normalized spacial score (nSPS) is 15.1. The van der Waals surface area contributed by atoms with Gasteiger partial charge in [-0.1, -0.05) is 27.2 Å². The molecule has 2 nitrogen and oxygen atoms in total. The van der Waals surface area contributed by atoms with Crippen molar-refractivity contribution in [3.63, 3.8) is 0 Å². The number of rotatable bonds is 7. The Bertz CT molecular complexity index is 246. The summed E-state index contributed by atoms with van der Waals surface area (Å²) in [7, 11) is 0. The molecule has 1 aromatic heterocycles. The number of hydrogen-bond acceptors (Lipinski definition) is 3. The van der Waals surface area contributed by atoms with Gasteiger partial charge in [-0.25, -0.2) is 4.98 Å². The van der Waals surface area contributed by atoms with Crippen LogP contribution in [0.25, 0.3) is 0 Å². The van der Waals surface area contributed by atoms with Gasteiger partial charge in [-0.15, -0.1) is 11.3 Å². The van der Waals surface area contributed by atoms with Gasteiger partial charge in [-0.2, -0.15) is 0 Å². The largest absolute Gasteiger partial charge is 0.308 e. The van der Waals surface area contributed by atoms with E-state index in [2.05, 4.69) is 36.5 Å². The lowest BCUT2D eigenvalue weighted by molar-refractivity contribution is 0.424. The van der Waals surface area contributed by atoms with E-state index < -0.39 is 0 Å². The maximum atomic E-state index is 4.37. The Morgan fingerprint density at radius 2 is 2.27 bits per heavy atom. The smallest absolute Gasteiger partial charge is 0.109 e. The number of aromatic nitrogens is 1. The molecule has 0 radical (unpaired) electrons. The lowest BCUT2D eigenvalue weighted by Crippen LogP contribution is -2.25. The van der Waals surface area contributed by atoms with E-state index in [1.54, 1.807) is 11.3 Å². The predicted molar refractivity (Wildman–Crippen MR) is 67.2 cm³/mol. The van der Waals surface area contributed by atoms with Crippen molar-refractivity contribution < 1.29 is 0 Å². The van der Waals surface area contributed by atoms with Gasteiger partial charge in [-0.3, -0.25) is 0 Å². The minimum Gasteiger partial charge on any atom is -0.308 e. The van der Waals surface area contributed by atoms with E-state index >= 15 is 0 Å². The fourth-order valence-corrected chi connectivity index (χ4v) is 2.55. The topological polar surface area (TPSA) is 24.9 Å². The molecule has 0 aliphatic rings. The quantitative estimate of drug-likeness (QED) is 0.768. The minimum absolute atomic E-state index is 0.448. The van der Waals surface area contributed by atoms with Crippen molar-refractivity contribution in [3.05, 3.63) is 16.6 Å². The monoisotopic (exact) mass is 226 g/mol. The second kappa shape index (κ2) is 6.96. The van der Waals surface area contributed by atoms with Crippen LogP contribution >= 0.6 is 11.3 Å². The Morgan fingerprint density at radius 1 is 1.47 bits per heavy atom. The molecule has 0 aliphatic carbocycles. The van der Waals surface area contributed by atoms with Gasteiger partial charge in [0.25, 0.3) is 0 Å². The van der Waals surface area contributed by atoms with E-state index in [9.17, 15) is 0 Å². The predicted octanol–water partition coefficient (Wildman–Crippen LogP) is 3.62. The van der Waals surface area contributed by atoms with E-state index in [1.807, 2.05) is 6.20 Å². The highest BCUT2D eigenvalue weighted by Crippen LogP contribution is 2.19. The Labute approximate surface area is 97.1 Å². The molecule has 1 aromatic rings. The van der Waals surface area contributed by atoms with Crippen LogP contribution in [0.1, 0.15) is 51.1 Å². The molecule has 15 heavy (non-hydrogen) atoms. The van der Waals surface area contributed by atoms with Crippen LogP contribution in [-0.4, -0.2) is 11.5 Å². The minimum atomic E-state index is 0.448. The molecule has 0 saturated heterocycles. The molecule has 1 rings (SSSR count). The Morgan fingerprint density at radius 3 is 2.80 bits per heavy atom. The molecule has 0 fully saturated rings. The van der Waals surface area contributed by atoms with Crippen LogP contribution in [0.15, 0.2) is 11.6 Å². The van der Waals surface area contributed by atoms with Crippen LogP contribution in [0.3, 0.4) is 0 Å². The lowest BCUT2D eigenvalue weighted by Gasteiger charge is -2.17. The summed E-state index contributed by atoms with van der Waals surface area (Å²) in [4.78, 5) is 4.37. The summed E-state index contributed by atoms with van der Waals surface area (Å²) in [5.41, 5.74) is 0. The summed E-state index contributed by atoms with van der Waals surface area (Å²) >= 11 is 1.75. The number of nitrogens with one attached hydrogen (secondary N) is 1. The van der Waals surface area contributed by atoms with Gasteiger partial charge >= 0.3 is 0 Å². The van der Waals surface area contributed by atoms with Crippen molar-refractivity contribution in [1.29, 1.82) is 0 Å². The van der Waals surface area contributed by atoms with Crippen molar-refractivity contribution >= 4 is 11.3 Å². The lowest BCUT2D eigenvalue weighted by atomic mass is 10.1. The molecule has 2 unspecified atom stereocenters. The number of thiazole rings is 1. The van der Waals surface area contributed by atoms with E-state index in [0.29, 0.717) is 6.04 Å². The summed E-state index contributed by atoms with van der Waals surface area (Å²) < 4.78 is 0. The molecule has 0 aromatic carbocycles. The SMILES string of the molecule is CCCC(C)CNC(CC)c1nccs1. The van der Waals surface area contributed by atoms with E-state index in [-0.39, 0.29) is 0 Å². The second-order valence-electron chi connectivity index (χ2n) is 4.13. The highest BCUT2D eigenvalue weighted by molar-refractivity contribution is 7.09. The van der Waals surface area contributed by atoms with Crippen LogP contribution in [0, 0.1) is 5.92 Å². The fourth-order valence-electron chi connectivity index (χ4n) is 1.75. The molecule has 3 heteroatoms. The van der Waals surface area contributed by atoms with Crippen molar-refractivity contribution in [2.45, 2.75) is 46.1 Å². The zero-order valence-electron chi connectivity index (χ0n) is 9.99. The molecule has 0 bridgehead atoms. The summed E-state index contributed by atoms with van der Waals surface area (Å²) in [6.45, 7) is 7.87. The van der Waals surface area contributed by atoms with Gasteiger partial charge in [0.1, 0.15) is 5.01 Å². The summed E-state index contributed by atoms with van der Waals surface area (Å²) in [5, 5.41) is 6.88. The van der Waals surface area contributed by atoms with Gasteiger partial charge in [0.05, 0.1) is 6.04 Å². The van der Waals surface area contributed by atoms with Gasteiger partial charge in [0.2, 0.25) is 0 Å². The second-order valence-corrected chi connectivity index (χ2v) is 5.06. The van der Waals surface area contributed by atoms with Crippen molar-refractivity contribution in [2.75, 3.05) is 6.54 Å². The van der Waals surface area contributed by atoms with Gasteiger partial charge in [0, 0.05) is 11.6 Å². The van der Waals surface area contributed by atoms with E-state index in [4.69, 9.17) is 0 Å². The van der Waals surface area contributed by atoms with Gasteiger partial charge in [0.15, 0.2) is 0 Å². The first kappa shape index (κ1) is 12.7. The van der Waals surface area contributed by atoms with Crippen molar-refractivity contribution in [3.8, 4) is 0 Å². The molecule has 0 amide bonds. The molecule has 2 atom stereocenters. The first-order valence-electron chi connectivity index (χ1n) is 5.90. The molecular formula is C12H22N2S. The highest BCUT2D eigenvalue weighted by atomic mass is 32.1. The maximum absolute atomic E-state index is 4.37. The molecule has 0 saturated carbocycles. The fraction of sp³-hybridized carbons (Fsp3) is 0.750. The zero-order valence-corrected chi connectivity index (χ0v) is 10.8. The van der Waals surface area contributed by atoms with Crippen molar-refractivity contribution in [1.82, 2.24) is 10.3 Å². The first-order valence-corrected chi connectivity index (χ1v) is 6.78.